The summed E-state index contributed by atoms with van der Waals surface area (Å²) in [4.78, 5) is 16.3. The van der Waals surface area contributed by atoms with E-state index in [9.17, 15) is 4.79 Å². The molecule has 90 valence electrons. The molecule has 1 heterocycles. The Bertz CT molecular complexity index is 604. The Morgan fingerprint density at radius 3 is 2.47 bits per heavy atom. The maximum Gasteiger partial charge on any atom is 0.261 e. The standard InChI is InChI=1S/C12H14N2O3/c1-4-14-7-13-9-6-11(17-3)10(16-2)5-8(9)12(14)15/h5-7H,4H2,1-3H3. The Kier molecular flexibility index (Phi) is 2.99. The van der Waals surface area contributed by atoms with Crippen LogP contribution in [0, 0.1) is 0 Å². The van der Waals surface area contributed by atoms with E-state index in [-0.39, 0.29) is 5.56 Å². The predicted octanol–water partition coefficient (Wildman–Crippen LogP) is 1.43. The van der Waals surface area contributed by atoms with E-state index in [0.29, 0.717) is 28.9 Å². The summed E-state index contributed by atoms with van der Waals surface area (Å²) in [6.45, 7) is 2.49. The Balaban J connectivity index is 2.79. The molecule has 0 N–H and O–H groups in total. The van der Waals surface area contributed by atoms with E-state index < -0.39 is 0 Å². The minimum absolute atomic E-state index is 0.0709. The van der Waals surface area contributed by atoms with Gasteiger partial charge in [0.1, 0.15) is 0 Å². The minimum atomic E-state index is -0.0709. The van der Waals surface area contributed by atoms with Crippen molar-refractivity contribution in [1.82, 2.24) is 9.55 Å². The number of methoxy groups -OCH3 is 2. The average Bonchev–Trinajstić information content (AvgIpc) is 2.38. The maximum absolute atomic E-state index is 12.1. The van der Waals surface area contributed by atoms with Crippen LogP contribution in [0.3, 0.4) is 0 Å². The van der Waals surface area contributed by atoms with Gasteiger partial charge in [-0.15, -0.1) is 0 Å². The van der Waals surface area contributed by atoms with Crippen molar-refractivity contribution < 1.29 is 9.47 Å². The van der Waals surface area contributed by atoms with E-state index in [1.807, 2.05) is 6.92 Å². The summed E-state index contributed by atoms with van der Waals surface area (Å²) >= 11 is 0. The number of hydrogen-bond acceptors (Lipinski definition) is 4. The van der Waals surface area contributed by atoms with Crippen LogP contribution in [0.5, 0.6) is 11.5 Å². The summed E-state index contributed by atoms with van der Waals surface area (Å²) in [5.41, 5.74) is 0.538. The molecule has 1 aromatic heterocycles. The van der Waals surface area contributed by atoms with Crippen LogP contribution in [0.4, 0.5) is 0 Å². The van der Waals surface area contributed by atoms with Gasteiger partial charge >= 0.3 is 0 Å². The van der Waals surface area contributed by atoms with Crippen LogP contribution in [0.25, 0.3) is 10.9 Å². The van der Waals surface area contributed by atoms with E-state index in [2.05, 4.69) is 4.98 Å². The summed E-state index contributed by atoms with van der Waals surface area (Å²) in [6.07, 6.45) is 1.54. The van der Waals surface area contributed by atoms with E-state index in [1.54, 1.807) is 30.9 Å². The highest BCUT2D eigenvalue weighted by atomic mass is 16.5. The van der Waals surface area contributed by atoms with Crippen molar-refractivity contribution in [3.8, 4) is 11.5 Å². The van der Waals surface area contributed by atoms with Crippen LogP contribution in [-0.2, 0) is 6.54 Å². The molecule has 0 fully saturated rings. The number of rotatable bonds is 3. The van der Waals surface area contributed by atoms with Gasteiger partial charge in [-0.05, 0) is 13.0 Å². The maximum atomic E-state index is 12.1. The minimum Gasteiger partial charge on any atom is -0.493 e. The Labute approximate surface area is 98.6 Å². The first kappa shape index (κ1) is 11.4. The molecule has 0 saturated carbocycles. The van der Waals surface area contributed by atoms with Gasteiger partial charge in [-0.3, -0.25) is 9.36 Å². The van der Waals surface area contributed by atoms with Gasteiger partial charge < -0.3 is 9.47 Å². The smallest absolute Gasteiger partial charge is 0.261 e. The number of ether oxygens (including phenoxy) is 2. The van der Waals surface area contributed by atoms with Gasteiger partial charge in [0, 0.05) is 12.6 Å². The fraction of sp³-hybridized carbons (Fsp3) is 0.333. The third kappa shape index (κ3) is 1.84. The van der Waals surface area contributed by atoms with Gasteiger partial charge in [-0.1, -0.05) is 0 Å². The lowest BCUT2D eigenvalue weighted by molar-refractivity contribution is 0.355. The van der Waals surface area contributed by atoms with Crippen LogP contribution in [0.2, 0.25) is 0 Å². The average molecular weight is 234 g/mol. The fourth-order valence-corrected chi connectivity index (χ4v) is 1.71. The van der Waals surface area contributed by atoms with Crippen molar-refractivity contribution in [3.05, 3.63) is 28.8 Å². The molecular weight excluding hydrogens is 220 g/mol. The third-order valence-electron chi connectivity index (χ3n) is 2.67. The first-order valence-electron chi connectivity index (χ1n) is 5.32. The molecule has 0 bridgehead atoms. The highest BCUT2D eigenvalue weighted by molar-refractivity contribution is 5.81. The lowest BCUT2D eigenvalue weighted by Gasteiger charge is -2.09. The Morgan fingerprint density at radius 2 is 1.88 bits per heavy atom. The van der Waals surface area contributed by atoms with E-state index in [4.69, 9.17) is 9.47 Å². The third-order valence-corrected chi connectivity index (χ3v) is 2.67. The molecule has 0 amide bonds. The largest absolute Gasteiger partial charge is 0.493 e. The van der Waals surface area contributed by atoms with Crippen molar-refractivity contribution >= 4 is 10.9 Å². The van der Waals surface area contributed by atoms with E-state index in [1.165, 1.54) is 6.33 Å². The molecule has 17 heavy (non-hydrogen) atoms. The van der Waals surface area contributed by atoms with Gasteiger partial charge in [0.2, 0.25) is 0 Å². The topological polar surface area (TPSA) is 53.4 Å². The highest BCUT2D eigenvalue weighted by Crippen LogP contribution is 2.29. The van der Waals surface area contributed by atoms with Crippen molar-refractivity contribution in [1.29, 1.82) is 0 Å². The van der Waals surface area contributed by atoms with Crippen LogP contribution >= 0.6 is 0 Å². The SMILES string of the molecule is CCn1cnc2cc(OC)c(OC)cc2c1=O. The summed E-state index contributed by atoms with van der Waals surface area (Å²) in [5.74, 6) is 1.11. The van der Waals surface area contributed by atoms with Gasteiger partial charge in [-0.25, -0.2) is 4.98 Å². The molecule has 5 heteroatoms. The van der Waals surface area contributed by atoms with Crippen molar-refractivity contribution in [2.24, 2.45) is 0 Å². The molecule has 0 aliphatic heterocycles. The first-order chi connectivity index (χ1) is 8.21. The van der Waals surface area contributed by atoms with Gasteiger partial charge in [-0.2, -0.15) is 0 Å². The summed E-state index contributed by atoms with van der Waals surface area (Å²) < 4.78 is 11.9. The zero-order valence-electron chi connectivity index (χ0n) is 10.1. The van der Waals surface area contributed by atoms with E-state index in [0.717, 1.165) is 0 Å². The monoisotopic (exact) mass is 234 g/mol. The van der Waals surface area contributed by atoms with Gasteiger partial charge in [0.25, 0.3) is 5.56 Å². The second-order valence-electron chi connectivity index (χ2n) is 3.56. The van der Waals surface area contributed by atoms with Crippen LogP contribution in [-0.4, -0.2) is 23.8 Å². The lowest BCUT2D eigenvalue weighted by Crippen LogP contribution is -2.19. The molecule has 0 aliphatic carbocycles. The molecule has 0 aliphatic rings. The van der Waals surface area contributed by atoms with Crippen molar-refractivity contribution in [2.45, 2.75) is 13.5 Å². The molecule has 5 nitrogen and oxygen atoms in total. The first-order valence-corrected chi connectivity index (χ1v) is 5.32. The molecular formula is C12H14N2O3. The number of aryl methyl sites for hydroxylation is 1. The molecule has 0 spiro atoms. The number of fused-ring (bicyclic) bond motifs is 1. The quantitative estimate of drug-likeness (QED) is 0.806. The normalized spacial score (nSPS) is 10.5. The number of hydrogen-bond donors (Lipinski definition) is 0. The van der Waals surface area contributed by atoms with Crippen LogP contribution < -0.4 is 15.0 Å². The molecule has 0 unspecified atom stereocenters. The molecule has 2 aromatic rings. The van der Waals surface area contributed by atoms with Gasteiger partial charge in [0.15, 0.2) is 11.5 Å². The second-order valence-corrected chi connectivity index (χ2v) is 3.56. The second kappa shape index (κ2) is 4.45. The Hall–Kier alpha value is -2.04. The predicted molar refractivity (Wildman–Crippen MR) is 64.8 cm³/mol. The van der Waals surface area contributed by atoms with Crippen molar-refractivity contribution in [2.75, 3.05) is 14.2 Å². The lowest BCUT2D eigenvalue weighted by atomic mass is 10.2. The molecule has 1 aromatic carbocycles. The fourth-order valence-electron chi connectivity index (χ4n) is 1.71. The zero-order chi connectivity index (χ0) is 12.4. The molecule has 0 atom stereocenters. The zero-order valence-corrected chi connectivity index (χ0v) is 10.1. The Morgan fingerprint density at radius 1 is 1.24 bits per heavy atom. The van der Waals surface area contributed by atoms with Crippen LogP contribution in [0.1, 0.15) is 6.92 Å². The number of benzene rings is 1. The van der Waals surface area contributed by atoms with Gasteiger partial charge in [0.05, 0.1) is 31.4 Å². The summed E-state index contributed by atoms with van der Waals surface area (Å²) in [5, 5.41) is 0.534. The summed E-state index contributed by atoms with van der Waals surface area (Å²) in [7, 11) is 3.09. The number of aromatic nitrogens is 2. The van der Waals surface area contributed by atoms with Crippen LogP contribution in [0.15, 0.2) is 23.3 Å². The van der Waals surface area contributed by atoms with Crippen molar-refractivity contribution in [3.63, 3.8) is 0 Å². The molecule has 0 radical (unpaired) electrons. The molecule has 2 rings (SSSR count). The summed E-state index contributed by atoms with van der Waals surface area (Å²) in [6, 6.07) is 3.37. The molecule has 0 saturated heterocycles. The highest BCUT2D eigenvalue weighted by Gasteiger charge is 2.10. The van der Waals surface area contributed by atoms with E-state index >= 15 is 0 Å². The number of nitrogens with zero attached hydrogens (tertiary/aromatic N) is 2.